The van der Waals surface area contributed by atoms with E-state index in [1.807, 2.05) is 18.2 Å². The van der Waals surface area contributed by atoms with E-state index in [2.05, 4.69) is 26.0 Å². The van der Waals surface area contributed by atoms with Crippen LogP contribution in [-0.4, -0.2) is 0 Å². The van der Waals surface area contributed by atoms with Gasteiger partial charge in [-0.05, 0) is 30.1 Å². The maximum absolute atomic E-state index is 9.71. The summed E-state index contributed by atoms with van der Waals surface area (Å²) >= 11 is 0. The maximum atomic E-state index is 9.71. The lowest BCUT2D eigenvalue weighted by molar-refractivity contribution is -0.0709. The molecule has 4 aliphatic carbocycles. The SMILES string of the molecule is CC1(C)C2CC1C1=CCC(C#N)(C#N)C(C#N)(C#N)C1C2. The first kappa shape index (κ1) is 13.7. The normalized spacial score (nSPS) is 36.3. The number of allylic oxidation sites excluding steroid dienone is 2. The van der Waals surface area contributed by atoms with Gasteiger partial charge in [-0.1, -0.05) is 25.5 Å². The van der Waals surface area contributed by atoms with Gasteiger partial charge in [-0.3, -0.25) is 0 Å². The van der Waals surface area contributed by atoms with Crippen molar-refractivity contribution in [2.24, 2.45) is 34.0 Å². The molecule has 0 amide bonds. The fourth-order valence-corrected chi connectivity index (χ4v) is 4.75. The molecular formula is C17H16N4. The molecular weight excluding hydrogens is 260 g/mol. The second-order valence-electron chi connectivity index (χ2n) is 7.16. The Morgan fingerprint density at radius 3 is 2.00 bits per heavy atom. The van der Waals surface area contributed by atoms with E-state index in [4.69, 9.17) is 0 Å². The molecule has 0 aromatic carbocycles. The molecule has 0 aromatic rings. The summed E-state index contributed by atoms with van der Waals surface area (Å²) in [6.45, 7) is 4.47. The summed E-state index contributed by atoms with van der Waals surface area (Å²) in [6, 6.07) is 8.15. The van der Waals surface area contributed by atoms with Crippen LogP contribution in [0.5, 0.6) is 0 Å². The van der Waals surface area contributed by atoms with Gasteiger partial charge in [0, 0.05) is 12.3 Å². The van der Waals surface area contributed by atoms with Crippen LogP contribution in [0.2, 0.25) is 0 Å². The van der Waals surface area contributed by atoms with Gasteiger partial charge in [0.2, 0.25) is 0 Å². The Morgan fingerprint density at radius 1 is 0.952 bits per heavy atom. The number of nitrogens with zero attached hydrogens (tertiary/aromatic N) is 4. The first-order valence-corrected chi connectivity index (χ1v) is 7.27. The third-order valence-corrected chi connectivity index (χ3v) is 6.37. The predicted molar refractivity (Wildman–Crippen MR) is 73.5 cm³/mol. The van der Waals surface area contributed by atoms with Crippen molar-refractivity contribution < 1.29 is 0 Å². The predicted octanol–water partition coefficient (Wildman–Crippen LogP) is 3.07. The monoisotopic (exact) mass is 276 g/mol. The lowest BCUT2D eigenvalue weighted by Gasteiger charge is -2.63. The summed E-state index contributed by atoms with van der Waals surface area (Å²) in [5, 5.41) is 38.4. The van der Waals surface area contributed by atoms with Gasteiger partial charge < -0.3 is 0 Å². The van der Waals surface area contributed by atoms with E-state index in [-0.39, 0.29) is 17.8 Å². The highest BCUT2D eigenvalue weighted by molar-refractivity contribution is 5.45. The summed E-state index contributed by atoms with van der Waals surface area (Å²) in [5.41, 5.74) is -1.73. The molecule has 0 saturated heterocycles. The third-order valence-electron chi connectivity index (χ3n) is 6.37. The van der Waals surface area contributed by atoms with Crippen molar-refractivity contribution in [3.63, 3.8) is 0 Å². The molecule has 4 heteroatoms. The van der Waals surface area contributed by atoms with E-state index in [1.165, 1.54) is 0 Å². The Morgan fingerprint density at radius 2 is 1.52 bits per heavy atom. The van der Waals surface area contributed by atoms with E-state index in [0.29, 0.717) is 11.8 Å². The van der Waals surface area contributed by atoms with Crippen LogP contribution in [0.25, 0.3) is 0 Å². The molecule has 3 saturated carbocycles. The third kappa shape index (κ3) is 1.27. The molecule has 0 radical (unpaired) electrons. The molecule has 0 aromatic heterocycles. The topological polar surface area (TPSA) is 95.2 Å². The highest BCUT2D eigenvalue weighted by Gasteiger charge is 2.67. The average molecular weight is 276 g/mol. The maximum Gasteiger partial charge on any atom is 0.182 e. The molecule has 4 nitrogen and oxygen atoms in total. The zero-order valence-corrected chi connectivity index (χ0v) is 12.2. The minimum atomic E-state index is -1.54. The van der Waals surface area contributed by atoms with Crippen LogP contribution >= 0.6 is 0 Å². The van der Waals surface area contributed by atoms with Crippen LogP contribution < -0.4 is 0 Å². The molecule has 0 heterocycles. The second-order valence-corrected chi connectivity index (χ2v) is 7.16. The second kappa shape index (κ2) is 3.87. The van der Waals surface area contributed by atoms with Gasteiger partial charge in [0.05, 0.1) is 24.3 Å². The minimum absolute atomic E-state index is 0.185. The molecule has 4 aliphatic rings. The Kier molecular flexibility index (Phi) is 2.52. The zero-order valence-electron chi connectivity index (χ0n) is 12.2. The van der Waals surface area contributed by atoms with Crippen molar-refractivity contribution in [1.29, 1.82) is 21.0 Å². The van der Waals surface area contributed by atoms with Gasteiger partial charge >= 0.3 is 0 Å². The van der Waals surface area contributed by atoms with Crippen molar-refractivity contribution in [3.8, 4) is 24.3 Å². The van der Waals surface area contributed by atoms with E-state index in [0.717, 1.165) is 18.4 Å². The van der Waals surface area contributed by atoms with E-state index in [9.17, 15) is 21.0 Å². The van der Waals surface area contributed by atoms with Crippen LogP contribution in [0.3, 0.4) is 0 Å². The van der Waals surface area contributed by atoms with Gasteiger partial charge in [-0.25, -0.2) is 0 Å². The molecule has 2 bridgehead atoms. The smallest absolute Gasteiger partial charge is 0.182 e. The molecule has 0 aliphatic heterocycles. The van der Waals surface area contributed by atoms with Gasteiger partial charge in [-0.2, -0.15) is 21.0 Å². The summed E-state index contributed by atoms with van der Waals surface area (Å²) in [6.07, 6.45) is 4.01. The fraction of sp³-hybridized carbons (Fsp3) is 0.647. The summed E-state index contributed by atoms with van der Waals surface area (Å²) in [5.74, 6) is 0.592. The molecule has 0 spiro atoms. The standard InChI is InChI=1S/C17H16N4/c1-15(2)11-5-13(15)12-3-4-16(7-18,8-19)17(9-20,10-21)14(12)6-11/h3,11,13-14H,4-6H2,1-2H3. The number of nitriles is 4. The first-order valence-electron chi connectivity index (χ1n) is 7.27. The first-order chi connectivity index (χ1) is 9.92. The fourth-order valence-electron chi connectivity index (χ4n) is 4.75. The summed E-state index contributed by atoms with van der Waals surface area (Å²) < 4.78 is 0. The van der Waals surface area contributed by atoms with Crippen LogP contribution in [-0.2, 0) is 0 Å². The largest absolute Gasteiger partial charge is 0.196 e. The molecule has 4 rings (SSSR count). The minimum Gasteiger partial charge on any atom is -0.196 e. The summed E-state index contributed by atoms with van der Waals surface area (Å²) in [4.78, 5) is 0. The lowest BCUT2D eigenvalue weighted by atomic mass is 9.39. The quantitative estimate of drug-likeness (QED) is 0.635. The Bertz CT molecular complexity index is 673. The van der Waals surface area contributed by atoms with Crippen molar-refractivity contribution in [2.75, 3.05) is 0 Å². The molecule has 21 heavy (non-hydrogen) atoms. The van der Waals surface area contributed by atoms with Gasteiger partial charge in [0.25, 0.3) is 0 Å². The van der Waals surface area contributed by atoms with Gasteiger partial charge in [0.1, 0.15) is 0 Å². The Balaban J connectivity index is 2.19. The zero-order chi connectivity index (χ0) is 15.5. The van der Waals surface area contributed by atoms with Crippen LogP contribution in [0, 0.1) is 79.3 Å². The average Bonchev–Trinajstić information content (AvgIpc) is 2.52. The van der Waals surface area contributed by atoms with Crippen molar-refractivity contribution in [2.45, 2.75) is 33.1 Å². The van der Waals surface area contributed by atoms with Crippen molar-refractivity contribution in [1.82, 2.24) is 0 Å². The van der Waals surface area contributed by atoms with E-state index >= 15 is 0 Å². The highest BCUT2D eigenvalue weighted by atomic mass is 14.7. The Hall–Kier alpha value is -2.30. The highest BCUT2D eigenvalue weighted by Crippen LogP contribution is 2.69. The molecule has 3 unspecified atom stereocenters. The molecule has 104 valence electrons. The van der Waals surface area contributed by atoms with Gasteiger partial charge in [-0.15, -0.1) is 0 Å². The lowest BCUT2D eigenvalue weighted by Crippen LogP contribution is -2.59. The van der Waals surface area contributed by atoms with Crippen LogP contribution in [0.15, 0.2) is 11.6 Å². The Labute approximate surface area is 124 Å². The van der Waals surface area contributed by atoms with Crippen molar-refractivity contribution in [3.05, 3.63) is 11.6 Å². The molecule has 3 atom stereocenters. The number of rotatable bonds is 0. The number of hydrogen-bond acceptors (Lipinski definition) is 4. The molecule has 3 fully saturated rings. The number of hydrogen-bond donors (Lipinski definition) is 0. The van der Waals surface area contributed by atoms with E-state index < -0.39 is 10.8 Å². The summed E-state index contributed by atoms with van der Waals surface area (Å²) in [7, 11) is 0. The van der Waals surface area contributed by atoms with Gasteiger partial charge in [0.15, 0.2) is 10.8 Å². The van der Waals surface area contributed by atoms with Crippen LogP contribution in [0.4, 0.5) is 0 Å². The van der Waals surface area contributed by atoms with Crippen LogP contribution in [0.1, 0.15) is 33.1 Å². The van der Waals surface area contributed by atoms with E-state index in [1.54, 1.807) is 0 Å². The van der Waals surface area contributed by atoms with Crippen molar-refractivity contribution >= 4 is 0 Å². The molecule has 0 N–H and O–H groups in total.